The van der Waals surface area contributed by atoms with Crippen LogP contribution in [0.2, 0.25) is 0 Å². The van der Waals surface area contributed by atoms with Gasteiger partial charge in [0, 0.05) is 6.42 Å². The number of phenolic OH excluding ortho intramolecular Hbond substituents is 1. The van der Waals surface area contributed by atoms with Gasteiger partial charge in [0.25, 0.3) is 0 Å². The zero-order chi connectivity index (χ0) is 20.1. The fourth-order valence-electron chi connectivity index (χ4n) is 2.83. The summed E-state index contributed by atoms with van der Waals surface area (Å²) in [6.45, 7) is 16.6. The lowest BCUT2D eigenvalue weighted by atomic mass is 9.82. The molecule has 0 unspecified atom stereocenters. The Balaban J connectivity index is 3.46. The van der Waals surface area contributed by atoms with E-state index in [1.165, 1.54) is 5.56 Å². The number of aliphatic hydroxyl groups is 1. The Morgan fingerprint density at radius 3 is 2.15 bits per heavy atom. The molecule has 0 saturated carbocycles. The van der Waals surface area contributed by atoms with Crippen LogP contribution in [0.4, 0.5) is 0 Å². The largest absolute Gasteiger partial charge is 0.508 e. The van der Waals surface area contributed by atoms with Gasteiger partial charge in [0.15, 0.2) is 0 Å². The summed E-state index contributed by atoms with van der Waals surface area (Å²) in [6.07, 6.45) is 9.06. The van der Waals surface area contributed by atoms with E-state index in [1.807, 2.05) is 31.2 Å². The van der Waals surface area contributed by atoms with Crippen LogP contribution in [0.3, 0.4) is 0 Å². The predicted octanol–water partition coefficient (Wildman–Crippen LogP) is 6.79. The van der Waals surface area contributed by atoms with Crippen molar-refractivity contribution < 1.29 is 10.2 Å². The molecule has 2 nitrogen and oxygen atoms in total. The zero-order valence-corrected chi connectivity index (χ0v) is 17.8. The molecule has 2 heteroatoms. The van der Waals surface area contributed by atoms with E-state index in [0.29, 0.717) is 12.2 Å². The van der Waals surface area contributed by atoms with Gasteiger partial charge in [-0.3, -0.25) is 0 Å². The Bertz CT molecular complexity index is 705. The Morgan fingerprint density at radius 2 is 1.69 bits per heavy atom. The number of hydrogen-bond acceptors (Lipinski definition) is 2. The number of aliphatic hydroxyl groups excluding tert-OH is 1. The van der Waals surface area contributed by atoms with Crippen LogP contribution < -0.4 is 0 Å². The van der Waals surface area contributed by atoms with Crippen LogP contribution in [0, 0.1) is 5.41 Å². The fourth-order valence-corrected chi connectivity index (χ4v) is 2.83. The smallest absolute Gasteiger partial charge is 0.122 e. The molecule has 0 aromatic heterocycles. The maximum absolute atomic E-state index is 10.9. The summed E-state index contributed by atoms with van der Waals surface area (Å²) in [4.78, 5) is 0. The van der Waals surface area contributed by atoms with Gasteiger partial charge in [0.1, 0.15) is 11.5 Å². The van der Waals surface area contributed by atoms with E-state index in [-0.39, 0.29) is 16.6 Å². The minimum atomic E-state index is -0.138. The molecule has 0 amide bonds. The Labute approximate surface area is 160 Å². The number of aromatic hydroxyl groups is 1. The maximum Gasteiger partial charge on any atom is 0.122 e. The second-order valence-electron chi connectivity index (χ2n) is 9.04. The van der Waals surface area contributed by atoms with Crippen LogP contribution in [-0.4, -0.2) is 10.2 Å². The average molecular weight is 357 g/mol. The summed E-state index contributed by atoms with van der Waals surface area (Å²) >= 11 is 0. The highest BCUT2D eigenvalue weighted by Crippen LogP contribution is 2.36. The van der Waals surface area contributed by atoms with Crippen LogP contribution >= 0.6 is 0 Å². The quantitative estimate of drug-likeness (QED) is 0.450. The van der Waals surface area contributed by atoms with Crippen LogP contribution in [-0.2, 0) is 18.3 Å². The summed E-state index contributed by atoms with van der Waals surface area (Å²) in [7, 11) is 0. The first-order valence-electron chi connectivity index (χ1n) is 9.48. The molecule has 1 aromatic carbocycles. The second kappa shape index (κ2) is 8.62. The normalized spacial score (nSPS) is 14.3. The van der Waals surface area contributed by atoms with Crippen LogP contribution in [0.15, 0.2) is 47.8 Å². The van der Waals surface area contributed by atoms with Crippen molar-refractivity contribution in [1.82, 2.24) is 0 Å². The van der Waals surface area contributed by atoms with Crippen molar-refractivity contribution in [3.05, 3.63) is 64.5 Å². The molecular weight excluding hydrogens is 320 g/mol. The molecule has 0 fully saturated rings. The Morgan fingerprint density at radius 1 is 1.08 bits per heavy atom. The number of phenols is 1. The number of allylic oxidation sites excluding steroid dienone is 5. The first kappa shape index (κ1) is 22.1. The van der Waals surface area contributed by atoms with Crippen molar-refractivity contribution in [2.75, 3.05) is 0 Å². The van der Waals surface area contributed by atoms with E-state index in [0.717, 1.165) is 23.1 Å². The van der Waals surface area contributed by atoms with E-state index >= 15 is 0 Å². The molecule has 0 aliphatic carbocycles. The summed E-state index contributed by atoms with van der Waals surface area (Å²) in [6, 6.07) is 4.15. The Hall–Kier alpha value is -1.96. The van der Waals surface area contributed by atoms with Gasteiger partial charge in [-0.05, 0) is 52.5 Å². The molecular formula is C24H36O2. The monoisotopic (exact) mass is 356 g/mol. The van der Waals surface area contributed by atoms with E-state index in [9.17, 15) is 10.2 Å². The molecule has 2 N–H and O–H groups in total. The molecule has 0 aliphatic heterocycles. The molecule has 0 aliphatic rings. The topological polar surface area (TPSA) is 40.5 Å². The minimum absolute atomic E-state index is 0.122. The lowest BCUT2D eigenvalue weighted by molar-refractivity contribution is 0.398. The predicted molar refractivity (Wildman–Crippen MR) is 113 cm³/mol. The minimum Gasteiger partial charge on any atom is -0.508 e. The standard InChI is InChI=1S/C24H36O2/c1-9-11-12-18(21(25)16-23(3,4)5)15-19-13-17(10-2)14-20(22(19)26)24(6,7)8/h9,11-14,16,25-26H,10,15H2,1-8H3/b11-9-,18-12-,21-16-. The lowest BCUT2D eigenvalue weighted by Gasteiger charge is -2.24. The summed E-state index contributed by atoms with van der Waals surface area (Å²) in [5.41, 5.74) is 3.56. The molecule has 0 heterocycles. The Kier molecular flexibility index (Phi) is 7.32. The van der Waals surface area contributed by atoms with Crippen molar-refractivity contribution in [3.8, 4) is 5.75 Å². The van der Waals surface area contributed by atoms with E-state index < -0.39 is 0 Å². The number of rotatable bonds is 5. The molecule has 26 heavy (non-hydrogen) atoms. The number of aryl methyl sites for hydroxylation is 1. The van der Waals surface area contributed by atoms with Crippen molar-refractivity contribution >= 4 is 0 Å². The van der Waals surface area contributed by atoms with Crippen molar-refractivity contribution in [2.45, 2.75) is 73.6 Å². The van der Waals surface area contributed by atoms with Gasteiger partial charge in [-0.25, -0.2) is 0 Å². The van der Waals surface area contributed by atoms with E-state index in [1.54, 1.807) is 0 Å². The van der Waals surface area contributed by atoms with Gasteiger partial charge >= 0.3 is 0 Å². The highest BCUT2D eigenvalue weighted by atomic mass is 16.3. The fraction of sp³-hybridized carbons (Fsp3) is 0.500. The number of hydrogen-bond donors (Lipinski definition) is 2. The van der Waals surface area contributed by atoms with Gasteiger partial charge in [-0.2, -0.15) is 0 Å². The van der Waals surface area contributed by atoms with Gasteiger partial charge in [0.05, 0.1) is 0 Å². The second-order valence-corrected chi connectivity index (χ2v) is 9.04. The third-order valence-corrected chi connectivity index (χ3v) is 4.23. The van der Waals surface area contributed by atoms with Crippen molar-refractivity contribution in [1.29, 1.82) is 0 Å². The van der Waals surface area contributed by atoms with Crippen molar-refractivity contribution in [3.63, 3.8) is 0 Å². The molecule has 1 rings (SSSR count). The third-order valence-electron chi connectivity index (χ3n) is 4.23. The summed E-state index contributed by atoms with van der Waals surface area (Å²) in [5, 5.41) is 21.5. The van der Waals surface area contributed by atoms with E-state index in [2.05, 4.69) is 60.6 Å². The highest BCUT2D eigenvalue weighted by molar-refractivity contribution is 5.50. The van der Waals surface area contributed by atoms with Gasteiger partial charge < -0.3 is 10.2 Å². The van der Waals surface area contributed by atoms with Gasteiger partial charge in [-0.15, -0.1) is 0 Å². The van der Waals surface area contributed by atoms with Crippen LogP contribution in [0.5, 0.6) is 5.75 Å². The molecule has 0 saturated heterocycles. The third kappa shape index (κ3) is 6.40. The molecule has 1 aromatic rings. The number of benzene rings is 1. The molecule has 144 valence electrons. The first-order chi connectivity index (χ1) is 11.9. The van der Waals surface area contributed by atoms with Crippen molar-refractivity contribution in [2.24, 2.45) is 5.41 Å². The maximum atomic E-state index is 10.9. The highest BCUT2D eigenvalue weighted by Gasteiger charge is 2.22. The summed E-state index contributed by atoms with van der Waals surface area (Å²) in [5.74, 6) is 0.610. The van der Waals surface area contributed by atoms with Gasteiger partial charge in [0.2, 0.25) is 0 Å². The van der Waals surface area contributed by atoms with Crippen LogP contribution in [0.25, 0.3) is 0 Å². The van der Waals surface area contributed by atoms with Gasteiger partial charge in [-0.1, -0.05) is 78.8 Å². The molecule has 0 spiro atoms. The SMILES string of the molecule is C\C=C/C=C(Cc1cc(CC)cc(C(C)(C)C)c1O)\C(O)=C\C(C)(C)C. The first-order valence-corrected chi connectivity index (χ1v) is 9.48. The van der Waals surface area contributed by atoms with Crippen LogP contribution in [0.1, 0.15) is 72.1 Å². The molecule has 0 atom stereocenters. The molecule has 0 radical (unpaired) electrons. The lowest BCUT2D eigenvalue weighted by Crippen LogP contribution is -2.13. The molecule has 0 bridgehead atoms. The zero-order valence-electron chi connectivity index (χ0n) is 17.8. The van der Waals surface area contributed by atoms with E-state index in [4.69, 9.17) is 0 Å². The average Bonchev–Trinajstić information content (AvgIpc) is 2.49. The summed E-state index contributed by atoms with van der Waals surface area (Å²) < 4.78 is 0.